The second-order valence-corrected chi connectivity index (χ2v) is 1.47. The van der Waals surface area contributed by atoms with Gasteiger partial charge in [-0.2, -0.15) is 17.6 Å². The van der Waals surface area contributed by atoms with Crippen molar-refractivity contribution in [2.75, 3.05) is 0 Å². The normalized spacial score (nSPS) is 17.5. The first-order valence-corrected chi connectivity index (χ1v) is 1.95. The van der Waals surface area contributed by atoms with Crippen LogP contribution in [-0.2, 0) is 0 Å². The molecule has 0 aromatic heterocycles. The number of halogens is 6. The molecular formula is C3H5F6NO. The highest BCUT2D eigenvalue weighted by atomic mass is 19.4. The van der Waals surface area contributed by atoms with E-state index in [-0.39, 0.29) is 6.15 Å². The quantitative estimate of drug-likeness (QED) is 0.610. The first-order chi connectivity index (χ1) is 4.19. The lowest BCUT2D eigenvalue weighted by atomic mass is 10.3. The van der Waals surface area contributed by atoms with Crippen LogP contribution in [0.3, 0.4) is 0 Å². The highest BCUT2D eigenvalue weighted by Gasteiger charge is 2.62. The van der Waals surface area contributed by atoms with Crippen LogP contribution in [0.1, 0.15) is 0 Å². The maximum absolute atomic E-state index is 11.4. The summed E-state index contributed by atoms with van der Waals surface area (Å²) in [5, 5.41) is 7.39. The van der Waals surface area contributed by atoms with Crippen molar-refractivity contribution in [3.63, 3.8) is 0 Å². The van der Waals surface area contributed by atoms with E-state index < -0.39 is 18.5 Å². The largest absolute Gasteiger partial charge is 0.454 e. The summed E-state index contributed by atoms with van der Waals surface area (Å²) in [4.78, 5) is 0. The van der Waals surface area contributed by atoms with Gasteiger partial charge in [0.05, 0.1) is 0 Å². The SMILES string of the molecule is N.OC(F)(C(F)F)C(F)(F)F. The van der Waals surface area contributed by atoms with Crippen molar-refractivity contribution in [1.82, 2.24) is 6.15 Å². The molecule has 0 aromatic carbocycles. The Kier molecular flexibility index (Phi) is 3.89. The second-order valence-electron chi connectivity index (χ2n) is 1.47. The van der Waals surface area contributed by atoms with Gasteiger partial charge in [0.2, 0.25) is 0 Å². The van der Waals surface area contributed by atoms with E-state index in [0.717, 1.165) is 0 Å². The van der Waals surface area contributed by atoms with Crippen molar-refractivity contribution in [3.05, 3.63) is 0 Å². The zero-order chi connectivity index (χ0) is 8.58. The first-order valence-electron chi connectivity index (χ1n) is 1.95. The van der Waals surface area contributed by atoms with Gasteiger partial charge in [0.15, 0.2) is 0 Å². The average molecular weight is 185 g/mol. The minimum Gasteiger partial charge on any atom is -0.350 e. The van der Waals surface area contributed by atoms with Crippen LogP contribution in [-0.4, -0.2) is 23.6 Å². The van der Waals surface area contributed by atoms with Crippen LogP contribution in [0, 0.1) is 0 Å². The van der Waals surface area contributed by atoms with Crippen LogP contribution in [0.2, 0.25) is 0 Å². The molecule has 8 heteroatoms. The van der Waals surface area contributed by atoms with Crippen molar-refractivity contribution < 1.29 is 31.4 Å². The highest BCUT2D eigenvalue weighted by Crippen LogP contribution is 2.36. The second kappa shape index (κ2) is 3.26. The Morgan fingerprint density at radius 2 is 1.27 bits per heavy atom. The van der Waals surface area contributed by atoms with Gasteiger partial charge in [0.25, 0.3) is 0 Å². The highest BCUT2D eigenvalue weighted by molar-refractivity contribution is 4.76. The number of rotatable bonds is 1. The van der Waals surface area contributed by atoms with Gasteiger partial charge in [-0.1, -0.05) is 0 Å². The van der Waals surface area contributed by atoms with Crippen LogP contribution >= 0.6 is 0 Å². The molecule has 0 saturated carbocycles. The lowest BCUT2D eigenvalue weighted by Gasteiger charge is -2.20. The Balaban J connectivity index is 0. The summed E-state index contributed by atoms with van der Waals surface area (Å²) < 4.78 is 66.3. The summed E-state index contributed by atoms with van der Waals surface area (Å²) in [6.45, 7) is 0. The number of hydrogen-bond donors (Lipinski definition) is 2. The maximum atomic E-state index is 11.4. The van der Waals surface area contributed by atoms with Gasteiger partial charge in [-0.25, -0.2) is 8.78 Å². The molecule has 2 nitrogen and oxygen atoms in total. The number of hydrogen-bond acceptors (Lipinski definition) is 2. The minimum atomic E-state index is -5.94. The standard InChI is InChI=1S/C3H2F6O.H3N/c4-1(5)2(6,10)3(7,8)9;/h1,10H;1H3. The molecule has 0 aliphatic heterocycles. The van der Waals surface area contributed by atoms with Gasteiger partial charge in [0.1, 0.15) is 0 Å². The Hall–Kier alpha value is -0.500. The van der Waals surface area contributed by atoms with E-state index in [1.807, 2.05) is 0 Å². The van der Waals surface area contributed by atoms with Crippen LogP contribution < -0.4 is 6.15 Å². The van der Waals surface area contributed by atoms with Gasteiger partial charge in [-0.3, -0.25) is 0 Å². The van der Waals surface area contributed by atoms with Crippen molar-refractivity contribution >= 4 is 0 Å². The Morgan fingerprint density at radius 3 is 1.27 bits per heavy atom. The average Bonchev–Trinajstić information content (AvgIpc) is 1.62. The Morgan fingerprint density at radius 1 is 1.00 bits per heavy atom. The van der Waals surface area contributed by atoms with E-state index in [2.05, 4.69) is 0 Å². The first kappa shape index (κ1) is 13.1. The maximum Gasteiger partial charge on any atom is 0.454 e. The summed E-state index contributed by atoms with van der Waals surface area (Å²) in [5.74, 6) is -5.40. The molecule has 0 saturated heterocycles. The molecular weight excluding hydrogens is 180 g/mol. The van der Waals surface area contributed by atoms with Gasteiger partial charge < -0.3 is 11.3 Å². The van der Waals surface area contributed by atoms with Crippen LogP contribution in [0.4, 0.5) is 26.3 Å². The predicted octanol–water partition coefficient (Wildman–Crippen LogP) is 1.63. The molecule has 70 valence electrons. The van der Waals surface area contributed by atoms with Crippen LogP contribution in [0.15, 0.2) is 0 Å². The fourth-order valence-corrected chi connectivity index (χ4v) is 0.124. The molecule has 0 fully saturated rings. The number of alkyl halides is 6. The molecule has 0 amide bonds. The van der Waals surface area contributed by atoms with Crippen molar-refractivity contribution in [2.45, 2.75) is 18.5 Å². The van der Waals surface area contributed by atoms with Gasteiger partial charge >= 0.3 is 18.5 Å². The smallest absolute Gasteiger partial charge is 0.350 e. The van der Waals surface area contributed by atoms with Gasteiger partial charge in [-0.15, -0.1) is 0 Å². The lowest BCUT2D eigenvalue weighted by Crippen LogP contribution is -2.47. The third kappa shape index (κ3) is 2.54. The van der Waals surface area contributed by atoms with E-state index >= 15 is 0 Å². The summed E-state index contributed by atoms with van der Waals surface area (Å²) in [6.07, 6.45) is -10.4. The molecule has 0 aliphatic carbocycles. The molecule has 0 rings (SSSR count). The van der Waals surface area contributed by atoms with E-state index in [1.165, 1.54) is 0 Å². The van der Waals surface area contributed by atoms with Crippen LogP contribution in [0.5, 0.6) is 0 Å². The molecule has 0 spiro atoms. The third-order valence-corrected chi connectivity index (χ3v) is 0.687. The zero-order valence-electron chi connectivity index (χ0n) is 5.00. The summed E-state index contributed by atoms with van der Waals surface area (Å²) >= 11 is 0. The van der Waals surface area contributed by atoms with E-state index in [4.69, 9.17) is 5.11 Å². The topological polar surface area (TPSA) is 55.2 Å². The summed E-state index contributed by atoms with van der Waals surface area (Å²) in [5.41, 5.74) is 0. The predicted molar refractivity (Wildman–Crippen MR) is 23.1 cm³/mol. The molecule has 1 unspecified atom stereocenters. The zero-order valence-corrected chi connectivity index (χ0v) is 5.00. The van der Waals surface area contributed by atoms with E-state index in [0.29, 0.717) is 0 Å². The molecule has 0 aliphatic rings. The molecule has 4 N–H and O–H groups in total. The fraction of sp³-hybridized carbons (Fsp3) is 1.00. The lowest BCUT2D eigenvalue weighted by molar-refractivity contribution is -0.352. The summed E-state index contributed by atoms with van der Waals surface area (Å²) in [7, 11) is 0. The number of aliphatic hydroxyl groups is 1. The minimum absolute atomic E-state index is 0. The Labute approximate surface area is 57.4 Å². The molecule has 0 bridgehead atoms. The third-order valence-electron chi connectivity index (χ3n) is 0.687. The fourth-order valence-electron chi connectivity index (χ4n) is 0.124. The van der Waals surface area contributed by atoms with Crippen LogP contribution in [0.25, 0.3) is 0 Å². The molecule has 11 heavy (non-hydrogen) atoms. The van der Waals surface area contributed by atoms with E-state index in [9.17, 15) is 26.3 Å². The Bertz CT molecular complexity index is 119. The molecule has 0 heterocycles. The van der Waals surface area contributed by atoms with Crippen molar-refractivity contribution in [3.8, 4) is 0 Å². The molecule has 0 radical (unpaired) electrons. The van der Waals surface area contributed by atoms with Crippen molar-refractivity contribution in [2.24, 2.45) is 0 Å². The van der Waals surface area contributed by atoms with Crippen molar-refractivity contribution in [1.29, 1.82) is 0 Å². The van der Waals surface area contributed by atoms with Gasteiger partial charge in [-0.05, 0) is 0 Å². The van der Waals surface area contributed by atoms with E-state index in [1.54, 1.807) is 0 Å². The van der Waals surface area contributed by atoms with Gasteiger partial charge in [0, 0.05) is 0 Å². The molecule has 0 aromatic rings. The summed E-state index contributed by atoms with van der Waals surface area (Å²) in [6, 6.07) is 0. The monoisotopic (exact) mass is 185 g/mol. The molecule has 1 atom stereocenters.